The first-order chi connectivity index (χ1) is 7.75. The van der Waals surface area contributed by atoms with Gasteiger partial charge in [0.2, 0.25) is 0 Å². The Bertz CT molecular complexity index is 478. The molecule has 1 heterocycles. The first-order valence-electron chi connectivity index (χ1n) is 4.86. The third kappa shape index (κ3) is 3.09. The average molecular weight is 242 g/mol. The van der Waals surface area contributed by atoms with E-state index in [2.05, 4.69) is 18.3 Å². The van der Waals surface area contributed by atoms with Crippen molar-refractivity contribution in [1.82, 2.24) is 9.78 Å². The number of halogens is 3. The highest BCUT2D eigenvalue weighted by Gasteiger charge is 2.30. The van der Waals surface area contributed by atoms with E-state index in [9.17, 15) is 13.2 Å². The summed E-state index contributed by atoms with van der Waals surface area (Å²) < 4.78 is 38.6. The molecule has 1 aromatic heterocycles. The van der Waals surface area contributed by atoms with Crippen LogP contribution in [0.4, 0.5) is 13.2 Å². The molecule has 0 amide bonds. The third-order valence-electron chi connectivity index (χ3n) is 2.20. The molecular formula is C12H13F3N2. The molecule has 92 valence electrons. The largest absolute Gasteiger partial charge is 0.415 e. The van der Waals surface area contributed by atoms with Crippen LogP contribution in [0.2, 0.25) is 0 Å². The molecule has 0 saturated carbocycles. The van der Waals surface area contributed by atoms with Gasteiger partial charge >= 0.3 is 6.18 Å². The molecule has 0 fully saturated rings. The minimum absolute atomic E-state index is 0.311. The van der Waals surface area contributed by atoms with Crippen molar-refractivity contribution in [2.45, 2.75) is 13.1 Å². The van der Waals surface area contributed by atoms with E-state index in [0.29, 0.717) is 11.3 Å². The second kappa shape index (κ2) is 4.61. The van der Waals surface area contributed by atoms with Gasteiger partial charge in [0.05, 0.1) is 5.69 Å². The van der Waals surface area contributed by atoms with Crippen molar-refractivity contribution < 1.29 is 13.2 Å². The van der Waals surface area contributed by atoms with E-state index in [1.54, 1.807) is 24.9 Å². The van der Waals surface area contributed by atoms with Crippen LogP contribution in [0.5, 0.6) is 0 Å². The smallest absolute Gasteiger partial charge is 0.275 e. The number of allylic oxidation sites excluding steroid dienone is 4. The molecule has 0 spiro atoms. The van der Waals surface area contributed by atoms with Gasteiger partial charge in [-0.1, -0.05) is 19.2 Å². The number of rotatable bonds is 3. The van der Waals surface area contributed by atoms with E-state index in [-0.39, 0.29) is 0 Å². The van der Waals surface area contributed by atoms with E-state index in [0.717, 1.165) is 11.6 Å². The molecule has 2 nitrogen and oxygen atoms in total. The van der Waals surface area contributed by atoms with Crippen LogP contribution in [0.15, 0.2) is 37.1 Å². The van der Waals surface area contributed by atoms with Gasteiger partial charge in [-0.3, -0.25) is 4.68 Å². The highest BCUT2D eigenvalue weighted by molar-refractivity contribution is 5.75. The fourth-order valence-electron chi connectivity index (χ4n) is 1.39. The summed E-state index contributed by atoms with van der Waals surface area (Å²) >= 11 is 0. The van der Waals surface area contributed by atoms with Crippen LogP contribution >= 0.6 is 0 Å². The molecule has 1 aromatic rings. The standard InChI is InChI=1S/C12H13F3N2/c1-5-10(6-9(3)12(13,14)15)11-8(2)7-17(4)16-11/h5-7H,1,3H2,2,4H3/b10-6+. The Morgan fingerprint density at radius 2 is 2.06 bits per heavy atom. The fraction of sp³-hybridized carbons (Fsp3) is 0.250. The number of aryl methyl sites for hydroxylation is 2. The quantitative estimate of drug-likeness (QED) is 0.742. The lowest BCUT2D eigenvalue weighted by atomic mass is 10.1. The molecule has 0 N–H and O–H groups in total. The predicted molar refractivity (Wildman–Crippen MR) is 61.3 cm³/mol. The van der Waals surface area contributed by atoms with E-state index >= 15 is 0 Å². The SMILES string of the molecule is C=C/C(=C\C(=C)C(F)(F)F)c1nn(C)cc1C. The Kier molecular flexibility index (Phi) is 3.60. The highest BCUT2D eigenvalue weighted by atomic mass is 19.4. The first kappa shape index (κ1) is 13.3. The lowest BCUT2D eigenvalue weighted by Gasteiger charge is -2.07. The predicted octanol–water partition coefficient (Wildman–Crippen LogP) is 3.42. The molecule has 0 aliphatic rings. The zero-order valence-electron chi connectivity index (χ0n) is 9.67. The van der Waals surface area contributed by atoms with E-state index in [4.69, 9.17) is 0 Å². The fourth-order valence-corrected chi connectivity index (χ4v) is 1.39. The second-order valence-electron chi connectivity index (χ2n) is 3.66. The maximum Gasteiger partial charge on any atom is 0.415 e. The van der Waals surface area contributed by atoms with Gasteiger partial charge in [0.1, 0.15) is 0 Å². The van der Waals surface area contributed by atoms with Gasteiger partial charge in [0.25, 0.3) is 0 Å². The van der Waals surface area contributed by atoms with Crippen molar-refractivity contribution in [3.05, 3.63) is 48.3 Å². The van der Waals surface area contributed by atoms with Crippen molar-refractivity contribution >= 4 is 5.57 Å². The van der Waals surface area contributed by atoms with Crippen LogP contribution in [0, 0.1) is 6.92 Å². The summed E-state index contributed by atoms with van der Waals surface area (Å²) in [5.41, 5.74) is 0.657. The maximum absolute atomic E-state index is 12.4. The minimum Gasteiger partial charge on any atom is -0.275 e. The van der Waals surface area contributed by atoms with Gasteiger partial charge in [-0.25, -0.2) is 0 Å². The molecule has 0 aliphatic heterocycles. The Hall–Kier alpha value is -1.78. The summed E-state index contributed by atoms with van der Waals surface area (Å²) in [4.78, 5) is 0. The summed E-state index contributed by atoms with van der Waals surface area (Å²) in [5.74, 6) is 0. The minimum atomic E-state index is -4.43. The molecule has 17 heavy (non-hydrogen) atoms. The van der Waals surface area contributed by atoms with Gasteiger partial charge in [-0.15, -0.1) is 0 Å². The monoisotopic (exact) mass is 242 g/mol. The van der Waals surface area contributed by atoms with Crippen molar-refractivity contribution in [3.63, 3.8) is 0 Å². The average Bonchev–Trinajstić information content (AvgIpc) is 2.52. The highest BCUT2D eigenvalue weighted by Crippen LogP contribution is 2.28. The Labute approximate surface area is 97.8 Å². The molecule has 0 radical (unpaired) electrons. The summed E-state index contributed by atoms with van der Waals surface area (Å²) in [6.07, 6.45) is -0.422. The summed E-state index contributed by atoms with van der Waals surface area (Å²) in [6.45, 7) is 8.26. The van der Waals surface area contributed by atoms with Gasteiger partial charge in [-0.05, 0) is 18.6 Å². The Balaban J connectivity index is 3.17. The molecule has 0 aromatic carbocycles. The molecule has 5 heteroatoms. The van der Waals surface area contributed by atoms with Gasteiger partial charge < -0.3 is 0 Å². The van der Waals surface area contributed by atoms with Crippen molar-refractivity contribution in [3.8, 4) is 0 Å². The van der Waals surface area contributed by atoms with Crippen LogP contribution in [0.3, 0.4) is 0 Å². The zero-order valence-corrected chi connectivity index (χ0v) is 9.67. The number of hydrogen-bond acceptors (Lipinski definition) is 1. The van der Waals surface area contributed by atoms with Crippen LogP contribution < -0.4 is 0 Å². The molecule has 1 rings (SSSR count). The van der Waals surface area contributed by atoms with Crippen LogP contribution in [0.1, 0.15) is 11.3 Å². The summed E-state index contributed by atoms with van der Waals surface area (Å²) in [5, 5.41) is 4.09. The van der Waals surface area contributed by atoms with Crippen molar-refractivity contribution in [1.29, 1.82) is 0 Å². The summed E-state index contributed by atoms with van der Waals surface area (Å²) in [7, 11) is 1.70. The van der Waals surface area contributed by atoms with Gasteiger partial charge in [0.15, 0.2) is 0 Å². The van der Waals surface area contributed by atoms with Gasteiger partial charge in [-0.2, -0.15) is 18.3 Å². The summed E-state index contributed by atoms with van der Waals surface area (Å²) in [6, 6.07) is 0. The topological polar surface area (TPSA) is 17.8 Å². The first-order valence-corrected chi connectivity index (χ1v) is 4.86. The van der Waals surface area contributed by atoms with Crippen molar-refractivity contribution in [2.24, 2.45) is 7.05 Å². The van der Waals surface area contributed by atoms with Gasteiger partial charge in [0, 0.05) is 24.4 Å². The third-order valence-corrected chi connectivity index (χ3v) is 2.20. The molecule has 0 bridgehead atoms. The van der Waals surface area contributed by atoms with Crippen LogP contribution in [-0.4, -0.2) is 16.0 Å². The Morgan fingerprint density at radius 3 is 2.41 bits per heavy atom. The molecule has 0 aliphatic carbocycles. The second-order valence-corrected chi connectivity index (χ2v) is 3.66. The Morgan fingerprint density at radius 1 is 1.47 bits per heavy atom. The molecule has 0 atom stereocenters. The number of alkyl halides is 3. The van der Waals surface area contributed by atoms with Crippen LogP contribution in [-0.2, 0) is 7.05 Å². The number of aromatic nitrogens is 2. The van der Waals surface area contributed by atoms with Crippen LogP contribution in [0.25, 0.3) is 5.57 Å². The normalized spacial score (nSPS) is 12.6. The number of nitrogens with zero attached hydrogens (tertiary/aromatic N) is 2. The van der Waals surface area contributed by atoms with Crippen molar-refractivity contribution in [2.75, 3.05) is 0 Å². The number of hydrogen-bond donors (Lipinski definition) is 0. The van der Waals surface area contributed by atoms with E-state index < -0.39 is 11.7 Å². The molecule has 0 saturated heterocycles. The van der Waals surface area contributed by atoms with E-state index in [1.165, 1.54) is 6.08 Å². The lowest BCUT2D eigenvalue weighted by Crippen LogP contribution is -2.09. The zero-order chi connectivity index (χ0) is 13.2. The maximum atomic E-state index is 12.4. The van der Waals surface area contributed by atoms with E-state index in [1.807, 2.05) is 0 Å². The molecular weight excluding hydrogens is 229 g/mol. The molecule has 0 unspecified atom stereocenters. The lowest BCUT2D eigenvalue weighted by molar-refractivity contribution is -0.0877.